The molecule has 1 aliphatic heterocycles. The Morgan fingerprint density at radius 2 is 1.64 bits per heavy atom. The van der Waals surface area contributed by atoms with E-state index in [0.717, 1.165) is 25.9 Å². The van der Waals surface area contributed by atoms with Crippen LogP contribution in [0.4, 0.5) is 17.6 Å². The van der Waals surface area contributed by atoms with Crippen molar-refractivity contribution in [2.24, 2.45) is 5.41 Å². The van der Waals surface area contributed by atoms with E-state index in [1.165, 1.54) is 0 Å². The molecule has 0 unspecified atom stereocenters. The molecule has 1 aliphatic carbocycles. The maximum atomic E-state index is 13.1. The normalized spacial score (nSPS) is 21.8. The largest absolute Gasteiger partial charge is 0.374 e. The molecule has 0 aromatic rings. The van der Waals surface area contributed by atoms with Crippen molar-refractivity contribution in [2.45, 2.75) is 52.4 Å². The topological polar surface area (TPSA) is 27.0 Å². The zero-order valence-corrected chi connectivity index (χ0v) is 12.8. The van der Waals surface area contributed by atoms with Crippen LogP contribution in [0.2, 0.25) is 0 Å². The fourth-order valence-electron chi connectivity index (χ4n) is 3.34. The molecule has 2 rings (SSSR count). The highest BCUT2D eigenvalue weighted by Crippen LogP contribution is 2.46. The summed E-state index contributed by atoms with van der Waals surface area (Å²) in [4.78, 5) is 1.99. The molecule has 0 radical (unpaired) electrons. The average Bonchev–Trinajstić information content (AvgIpc) is 2.89. The van der Waals surface area contributed by atoms with Crippen LogP contribution in [-0.4, -0.2) is 30.8 Å². The van der Waals surface area contributed by atoms with E-state index in [2.05, 4.69) is 0 Å². The quantitative estimate of drug-likeness (QED) is 0.717. The third kappa shape index (κ3) is 3.29. The van der Waals surface area contributed by atoms with Crippen molar-refractivity contribution in [3.05, 3.63) is 22.4 Å². The Kier molecular flexibility index (Phi) is 4.84. The highest BCUT2D eigenvalue weighted by atomic mass is 19.3. The molecule has 122 valence electrons. The fourth-order valence-corrected chi connectivity index (χ4v) is 3.34. The van der Waals surface area contributed by atoms with Gasteiger partial charge in [-0.3, -0.25) is 0 Å². The van der Waals surface area contributed by atoms with Crippen LogP contribution in [0.3, 0.4) is 0 Å². The summed E-state index contributed by atoms with van der Waals surface area (Å²) >= 11 is 0. The molecule has 0 N–H and O–H groups in total. The van der Waals surface area contributed by atoms with Crippen molar-refractivity contribution < 1.29 is 17.6 Å². The number of likely N-dealkylation sites (tertiary alicyclic amines) is 1. The molecular formula is C16H20F4N2. The molecule has 0 amide bonds. The fraction of sp³-hybridized carbons (Fsp3) is 0.688. The second-order valence-electron chi connectivity index (χ2n) is 6.68. The minimum Gasteiger partial charge on any atom is -0.374 e. The Morgan fingerprint density at radius 3 is 2.09 bits per heavy atom. The van der Waals surface area contributed by atoms with Crippen LogP contribution in [0.25, 0.3) is 0 Å². The SMILES string of the molecule is CC1(C)CC(=C(C(F)F)C(F)F)C(C#N)=C(N2CCCC2)C1. The van der Waals surface area contributed by atoms with Crippen LogP contribution in [0.15, 0.2) is 22.4 Å². The second-order valence-corrected chi connectivity index (χ2v) is 6.68. The minimum absolute atomic E-state index is 0.0387. The van der Waals surface area contributed by atoms with Gasteiger partial charge in [-0.1, -0.05) is 13.8 Å². The Bertz CT molecular complexity index is 525. The highest BCUT2D eigenvalue weighted by Gasteiger charge is 2.38. The van der Waals surface area contributed by atoms with Gasteiger partial charge in [0.2, 0.25) is 0 Å². The van der Waals surface area contributed by atoms with E-state index in [-0.39, 0.29) is 17.6 Å². The van der Waals surface area contributed by atoms with Gasteiger partial charge in [0.05, 0.1) is 11.1 Å². The molecule has 0 aromatic carbocycles. The predicted molar refractivity (Wildman–Crippen MR) is 75.5 cm³/mol. The summed E-state index contributed by atoms with van der Waals surface area (Å²) in [6.07, 6.45) is -3.91. The van der Waals surface area contributed by atoms with Crippen molar-refractivity contribution in [1.82, 2.24) is 4.90 Å². The lowest BCUT2D eigenvalue weighted by Crippen LogP contribution is -2.31. The third-order valence-electron chi connectivity index (χ3n) is 4.31. The maximum Gasteiger partial charge on any atom is 0.265 e. The van der Waals surface area contributed by atoms with Crippen molar-refractivity contribution in [3.8, 4) is 6.07 Å². The number of hydrogen-bond acceptors (Lipinski definition) is 2. The summed E-state index contributed by atoms with van der Waals surface area (Å²) in [6, 6.07) is 1.92. The molecule has 6 heteroatoms. The molecule has 1 fully saturated rings. The van der Waals surface area contributed by atoms with E-state index in [4.69, 9.17) is 0 Å². The lowest BCUT2D eigenvalue weighted by Gasteiger charge is -2.38. The molecule has 0 atom stereocenters. The third-order valence-corrected chi connectivity index (χ3v) is 4.31. The number of nitriles is 1. The highest BCUT2D eigenvalue weighted by molar-refractivity contribution is 5.51. The summed E-state index contributed by atoms with van der Waals surface area (Å²) in [5.41, 5.74) is -1.05. The molecule has 0 aromatic heterocycles. The first-order chi connectivity index (χ1) is 10.3. The lowest BCUT2D eigenvalue weighted by molar-refractivity contribution is 0.108. The average molecular weight is 316 g/mol. The van der Waals surface area contributed by atoms with E-state index >= 15 is 0 Å². The van der Waals surface area contributed by atoms with Gasteiger partial charge in [0.1, 0.15) is 6.07 Å². The number of alkyl halides is 4. The van der Waals surface area contributed by atoms with E-state index in [0.29, 0.717) is 12.1 Å². The smallest absolute Gasteiger partial charge is 0.265 e. The standard InChI is InChI=1S/C16H20F4N2/c1-16(2)7-10(13(14(17)18)15(19)20)11(9-21)12(8-16)22-5-3-4-6-22/h14-15H,3-8H2,1-2H3. The molecule has 1 saturated heterocycles. The van der Waals surface area contributed by atoms with Gasteiger partial charge in [-0.05, 0) is 36.7 Å². The predicted octanol–water partition coefficient (Wildman–Crippen LogP) is 4.51. The van der Waals surface area contributed by atoms with Crippen molar-refractivity contribution in [1.29, 1.82) is 5.26 Å². The second kappa shape index (κ2) is 6.31. The van der Waals surface area contributed by atoms with Crippen LogP contribution >= 0.6 is 0 Å². The van der Waals surface area contributed by atoms with Crippen molar-refractivity contribution >= 4 is 0 Å². The van der Waals surface area contributed by atoms with Crippen LogP contribution in [-0.2, 0) is 0 Å². The van der Waals surface area contributed by atoms with Gasteiger partial charge < -0.3 is 4.90 Å². The summed E-state index contributed by atoms with van der Waals surface area (Å²) in [7, 11) is 0. The number of hydrogen-bond donors (Lipinski definition) is 0. The van der Waals surface area contributed by atoms with Gasteiger partial charge in [-0.15, -0.1) is 0 Å². The van der Waals surface area contributed by atoms with Crippen molar-refractivity contribution in [2.75, 3.05) is 13.1 Å². The van der Waals surface area contributed by atoms with Crippen molar-refractivity contribution in [3.63, 3.8) is 0 Å². The van der Waals surface area contributed by atoms with Gasteiger partial charge in [0.25, 0.3) is 12.9 Å². The van der Waals surface area contributed by atoms with Gasteiger partial charge >= 0.3 is 0 Å². The van der Waals surface area contributed by atoms with E-state index < -0.39 is 23.8 Å². The van der Waals surface area contributed by atoms with Crippen LogP contribution in [0.1, 0.15) is 39.5 Å². The number of rotatable bonds is 3. The van der Waals surface area contributed by atoms with Gasteiger partial charge in [0, 0.05) is 18.8 Å². The van der Waals surface area contributed by atoms with Gasteiger partial charge in [-0.25, -0.2) is 17.6 Å². The molecule has 0 saturated carbocycles. The zero-order valence-electron chi connectivity index (χ0n) is 12.8. The summed E-state index contributed by atoms with van der Waals surface area (Å²) in [6.45, 7) is 5.24. The zero-order chi connectivity index (χ0) is 16.5. The summed E-state index contributed by atoms with van der Waals surface area (Å²) in [5, 5.41) is 9.42. The molecule has 22 heavy (non-hydrogen) atoms. The lowest BCUT2D eigenvalue weighted by atomic mass is 9.72. The number of allylic oxidation sites excluding steroid dienone is 4. The van der Waals surface area contributed by atoms with Gasteiger partial charge in [-0.2, -0.15) is 5.26 Å². The van der Waals surface area contributed by atoms with E-state index in [9.17, 15) is 22.8 Å². The Morgan fingerprint density at radius 1 is 1.09 bits per heavy atom. The van der Waals surface area contributed by atoms with E-state index in [1.54, 1.807) is 0 Å². The molecular weight excluding hydrogens is 296 g/mol. The molecule has 2 nitrogen and oxygen atoms in total. The molecule has 1 heterocycles. The van der Waals surface area contributed by atoms with Crippen LogP contribution in [0, 0.1) is 16.7 Å². The Hall–Kier alpha value is -1.51. The first-order valence-electron chi connectivity index (χ1n) is 7.44. The number of nitrogens with zero attached hydrogens (tertiary/aromatic N) is 2. The minimum atomic E-state index is -3.24. The van der Waals surface area contributed by atoms with Gasteiger partial charge in [0.15, 0.2) is 0 Å². The van der Waals surface area contributed by atoms with Crippen LogP contribution < -0.4 is 0 Å². The maximum absolute atomic E-state index is 13.1. The molecule has 0 spiro atoms. The summed E-state index contributed by atoms with van der Waals surface area (Å²) < 4.78 is 52.5. The summed E-state index contributed by atoms with van der Waals surface area (Å²) in [5.74, 6) is 0. The molecule has 2 aliphatic rings. The Balaban J connectivity index is 2.62. The number of halogens is 4. The monoisotopic (exact) mass is 316 g/mol. The molecule has 0 bridgehead atoms. The Labute approximate surface area is 128 Å². The van der Waals surface area contributed by atoms with E-state index in [1.807, 2.05) is 24.8 Å². The van der Waals surface area contributed by atoms with Crippen LogP contribution in [0.5, 0.6) is 0 Å². The first-order valence-corrected chi connectivity index (χ1v) is 7.44. The first kappa shape index (κ1) is 16.9.